The van der Waals surface area contributed by atoms with E-state index in [4.69, 9.17) is 10.8 Å². The number of nitrogens with two attached hydrogens (primary N) is 1. The highest BCUT2D eigenvalue weighted by atomic mass is 19.1. The lowest BCUT2D eigenvalue weighted by Gasteiger charge is -3.11. The number of benzene rings is 1. The fourth-order valence-corrected chi connectivity index (χ4v) is 11.0. The molecular weight excluding hydrogens is 515 g/mol. The van der Waals surface area contributed by atoms with E-state index in [2.05, 4.69) is 0 Å². The van der Waals surface area contributed by atoms with Gasteiger partial charge < -0.3 is 15.7 Å². The minimum Gasteiger partial charge on any atom is -0.465 e. The van der Waals surface area contributed by atoms with E-state index >= 15 is 0 Å². The Morgan fingerprint density at radius 2 is 1.73 bits per heavy atom. The van der Waals surface area contributed by atoms with Gasteiger partial charge in [-0.15, -0.1) is 0 Å². The minimum absolute atomic E-state index is 0.117. The second-order valence-electron chi connectivity index (χ2n) is 13.0. The SMILES string of the molecule is Cc1cc(-n2nc3c(c2-n2ccn(C45C6C7C4C4C5C6C74CC(N)=O)c2=O)[C@H](C)N(C(=O)O)CC3)cc(C)c1F. The predicted molar refractivity (Wildman–Crippen MR) is 139 cm³/mol. The molecule has 6 fully saturated rings. The van der Waals surface area contributed by atoms with Crippen LogP contribution < -0.4 is 11.4 Å². The van der Waals surface area contributed by atoms with E-state index in [1.807, 2.05) is 17.7 Å². The van der Waals surface area contributed by atoms with Gasteiger partial charge in [0.1, 0.15) is 11.6 Å². The third-order valence-corrected chi connectivity index (χ3v) is 12.0. The molecule has 0 radical (unpaired) electrons. The fraction of sp³-hybridized carbons (Fsp3) is 0.517. The van der Waals surface area contributed by atoms with Gasteiger partial charge in [-0.2, -0.15) is 5.10 Å². The number of nitrogens with zero attached hydrogens (tertiary/aromatic N) is 5. The average molecular weight is 545 g/mol. The molecule has 1 aromatic carbocycles. The van der Waals surface area contributed by atoms with Gasteiger partial charge in [-0.1, -0.05) is 0 Å². The third-order valence-electron chi connectivity index (χ3n) is 12.0. The summed E-state index contributed by atoms with van der Waals surface area (Å²) in [7, 11) is 0. The quantitative estimate of drug-likeness (QED) is 0.510. The number of amides is 2. The number of carboxylic acid groups (broad SMARTS) is 1. The summed E-state index contributed by atoms with van der Waals surface area (Å²) < 4.78 is 19.7. The molecule has 40 heavy (non-hydrogen) atoms. The Morgan fingerprint density at radius 1 is 1.10 bits per heavy atom. The Balaban J connectivity index is 1.18. The van der Waals surface area contributed by atoms with Crippen molar-refractivity contribution in [1.29, 1.82) is 0 Å². The normalized spacial score (nSPS) is 38.3. The standard InChI is InChI=1S/C29H29FN6O4/c1-11-8-14(9-12(2)24(11)30)36-25(17-13(3)33(27(39)40)5-4-15(17)32-36)34-6-7-35(26(34)38)29-21-18-22(29)20-23(29)19(21)28(18,20)10-16(31)37/h6-9,13,18-23H,4-5,10H2,1-3H3,(H2,31,37)(H,39,40)/t13-,18?,19?,20?,21?,22?,23?,28?,29?/m0/s1. The molecule has 7 aliphatic rings. The summed E-state index contributed by atoms with van der Waals surface area (Å²) in [6, 6.07) is 2.91. The maximum Gasteiger partial charge on any atom is 0.407 e. The van der Waals surface area contributed by atoms with Crippen LogP contribution in [0.3, 0.4) is 0 Å². The number of carbonyl (C=O) groups excluding carboxylic acids is 1. The zero-order valence-corrected chi connectivity index (χ0v) is 22.3. The number of aryl methyl sites for hydroxylation is 2. The maximum atomic E-state index is 14.6. The Morgan fingerprint density at radius 3 is 2.30 bits per heavy atom. The summed E-state index contributed by atoms with van der Waals surface area (Å²) in [4.78, 5) is 39.4. The Labute approximate surface area is 228 Å². The molecule has 6 aliphatic carbocycles. The van der Waals surface area contributed by atoms with Crippen molar-refractivity contribution < 1.29 is 19.1 Å². The monoisotopic (exact) mass is 544 g/mol. The Kier molecular flexibility index (Phi) is 3.73. The first kappa shape index (κ1) is 22.9. The highest BCUT2D eigenvalue weighted by Crippen LogP contribution is 3.09. The van der Waals surface area contributed by atoms with Crippen molar-refractivity contribution in [3.8, 4) is 11.5 Å². The molecule has 3 aromatic rings. The molecular formula is C29H29FN6O4. The number of primary amides is 1. The lowest BCUT2D eigenvalue weighted by molar-refractivity contribution is -0.645. The third kappa shape index (κ3) is 1.99. The molecule has 10 nitrogen and oxygen atoms in total. The summed E-state index contributed by atoms with van der Waals surface area (Å²) in [5.74, 6) is 2.81. The van der Waals surface area contributed by atoms with E-state index < -0.39 is 12.1 Å². The molecule has 1 aliphatic heterocycles. The average Bonchev–Trinajstić information content (AvgIpc) is 3.47. The van der Waals surface area contributed by atoms with Crippen molar-refractivity contribution in [3.63, 3.8) is 0 Å². The summed E-state index contributed by atoms with van der Waals surface area (Å²) in [5, 5.41) is 14.7. The van der Waals surface area contributed by atoms with Gasteiger partial charge in [-0.3, -0.25) is 13.9 Å². The van der Waals surface area contributed by atoms with Crippen LogP contribution in [0.2, 0.25) is 0 Å². The Hall–Kier alpha value is -3.89. The van der Waals surface area contributed by atoms with Gasteiger partial charge in [0.25, 0.3) is 0 Å². The van der Waals surface area contributed by atoms with Crippen molar-refractivity contribution in [2.45, 2.75) is 45.2 Å². The molecule has 0 bridgehead atoms. The van der Waals surface area contributed by atoms with E-state index in [9.17, 15) is 23.9 Å². The predicted octanol–water partition coefficient (Wildman–Crippen LogP) is 2.50. The topological polar surface area (TPSA) is 128 Å². The van der Waals surface area contributed by atoms with Crippen LogP contribution in [-0.4, -0.2) is 47.5 Å². The number of fused-ring (bicyclic) bond motifs is 1. The molecule has 2 amide bonds. The second-order valence-corrected chi connectivity index (χ2v) is 13.0. The van der Waals surface area contributed by atoms with Crippen molar-refractivity contribution in [3.05, 3.63) is 63.2 Å². The lowest BCUT2D eigenvalue weighted by Crippen LogP contribution is -3.12. The van der Waals surface area contributed by atoms with Gasteiger partial charge in [0.2, 0.25) is 5.91 Å². The van der Waals surface area contributed by atoms with E-state index in [1.165, 1.54) is 4.90 Å². The largest absolute Gasteiger partial charge is 0.465 e. The van der Waals surface area contributed by atoms with E-state index in [0.717, 1.165) is 5.69 Å². The molecule has 3 heterocycles. The number of halogens is 1. The van der Waals surface area contributed by atoms with Gasteiger partial charge in [0.05, 0.1) is 23.0 Å². The second kappa shape index (κ2) is 6.53. The van der Waals surface area contributed by atoms with E-state index in [1.54, 1.807) is 41.4 Å². The highest BCUT2D eigenvalue weighted by Gasteiger charge is 3.10. The number of carbonyl (C=O) groups is 2. The van der Waals surface area contributed by atoms with Crippen LogP contribution in [-0.2, 0) is 16.8 Å². The molecule has 1 atom stereocenters. The van der Waals surface area contributed by atoms with E-state index in [-0.39, 0.29) is 28.4 Å². The first-order chi connectivity index (χ1) is 19.1. The van der Waals surface area contributed by atoms with Gasteiger partial charge in [-0.05, 0) is 85.0 Å². The molecule has 206 valence electrons. The highest BCUT2D eigenvalue weighted by molar-refractivity contribution is 5.77. The minimum atomic E-state index is -1.02. The lowest BCUT2D eigenvalue weighted by atomic mass is 8.94. The summed E-state index contributed by atoms with van der Waals surface area (Å²) in [5.41, 5.74) is 8.37. The van der Waals surface area contributed by atoms with Crippen LogP contribution >= 0.6 is 0 Å². The number of hydrogen-bond donors (Lipinski definition) is 2. The molecule has 0 spiro atoms. The zero-order chi connectivity index (χ0) is 27.8. The van der Waals surface area contributed by atoms with Gasteiger partial charge in [0.15, 0.2) is 0 Å². The van der Waals surface area contributed by atoms with Crippen LogP contribution in [0.15, 0.2) is 29.3 Å². The van der Waals surface area contributed by atoms with Crippen LogP contribution in [0.25, 0.3) is 11.5 Å². The van der Waals surface area contributed by atoms with Crippen LogP contribution in [0, 0.1) is 60.6 Å². The number of aromatic nitrogens is 4. The molecule has 0 saturated heterocycles. The first-order valence-electron chi connectivity index (χ1n) is 14.0. The summed E-state index contributed by atoms with van der Waals surface area (Å²) >= 11 is 0. The number of hydrogen-bond acceptors (Lipinski definition) is 4. The maximum absolute atomic E-state index is 14.6. The van der Waals surface area contributed by atoms with E-state index in [0.29, 0.717) is 83.1 Å². The molecule has 2 aromatic heterocycles. The molecule has 0 unspecified atom stereocenters. The summed E-state index contributed by atoms with van der Waals surface area (Å²) in [6.45, 7) is 5.53. The fourth-order valence-electron chi connectivity index (χ4n) is 11.0. The van der Waals surface area contributed by atoms with Crippen molar-refractivity contribution in [1.82, 2.24) is 23.8 Å². The molecule has 3 N–H and O–H groups in total. The number of imidazole rings is 1. The van der Waals surface area contributed by atoms with Crippen LogP contribution in [0.5, 0.6) is 0 Å². The van der Waals surface area contributed by atoms with Crippen LogP contribution in [0.1, 0.15) is 41.8 Å². The van der Waals surface area contributed by atoms with Crippen LogP contribution in [0.4, 0.5) is 9.18 Å². The first-order valence-corrected chi connectivity index (χ1v) is 14.0. The molecule has 10 rings (SSSR count). The smallest absolute Gasteiger partial charge is 0.407 e. The van der Waals surface area contributed by atoms with Crippen molar-refractivity contribution in [2.24, 2.45) is 46.7 Å². The van der Waals surface area contributed by atoms with Crippen molar-refractivity contribution >= 4 is 12.0 Å². The Bertz CT molecular complexity index is 1720. The van der Waals surface area contributed by atoms with Gasteiger partial charge in [-0.25, -0.2) is 18.7 Å². The zero-order valence-electron chi connectivity index (χ0n) is 22.3. The summed E-state index contributed by atoms with van der Waals surface area (Å²) in [6.07, 6.45) is 3.52. The van der Waals surface area contributed by atoms with Gasteiger partial charge in [0, 0.05) is 37.3 Å². The molecule has 6 saturated carbocycles. The van der Waals surface area contributed by atoms with Crippen molar-refractivity contribution in [2.75, 3.05) is 6.54 Å². The number of rotatable bonds is 5. The van der Waals surface area contributed by atoms with Gasteiger partial charge >= 0.3 is 11.8 Å². The molecule has 11 heteroatoms.